The quantitative estimate of drug-likeness (QED) is 0.600. The van der Waals surface area contributed by atoms with E-state index in [1.54, 1.807) is 19.2 Å². The van der Waals surface area contributed by atoms with Crippen molar-refractivity contribution in [1.82, 2.24) is 23.6 Å². The standard InChI is InChI=1S/C18H19F2N5O4/c1-22(8-11-4-6-12(7-5-11)29-17(19)20)13(26)9-25-16(27)14-15(21-10-23(14)2)24(3)18(25)28/h4-7,10,17H,8-9H2,1-3H3. The zero-order valence-electron chi connectivity index (χ0n) is 16.0. The molecule has 1 amide bonds. The average molecular weight is 407 g/mol. The number of aryl methyl sites for hydroxylation is 2. The molecule has 0 saturated heterocycles. The Bertz CT molecular complexity index is 1160. The first-order valence-corrected chi connectivity index (χ1v) is 8.57. The van der Waals surface area contributed by atoms with E-state index < -0.39 is 30.3 Å². The number of fused-ring (bicyclic) bond motifs is 1. The Hall–Kier alpha value is -3.50. The minimum atomic E-state index is -2.91. The zero-order valence-corrected chi connectivity index (χ0v) is 16.0. The third-order valence-corrected chi connectivity index (χ3v) is 4.49. The zero-order chi connectivity index (χ0) is 21.3. The number of nitrogens with zero attached hydrogens (tertiary/aromatic N) is 5. The lowest BCUT2D eigenvalue weighted by Crippen LogP contribution is -2.43. The summed E-state index contributed by atoms with van der Waals surface area (Å²) in [6, 6.07) is 5.84. The predicted octanol–water partition coefficient (Wildman–Crippen LogP) is 0.694. The molecule has 0 fully saturated rings. The number of carbonyl (C=O) groups excluding carboxylic acids is 1. The fourth-order valence-electron chi connectivity index (χ4n) is 2.93. The minimum Gasteiger partial charge on any atom is -0.435 e. The lowest BCUT2D eigenvalue weighted by atomic mass is 10.2. The molecule has 29 heavy (non-hydrogen) atoms. The Morgan fingerprint density at radius 3 is 2.48 bits per heavy atom. The molecule has 0 aliphatic heterocycles. The SMILES string of the molecule is CN(Cc1ccc(OC(F)F)cc1)C(=O)Cn1c(=O)c2c(ncn2C)n(C)c1=O. The van der Waals surface area contributed by atoms with Crippen LogP contribution in [0.15, 0.2) is 40.2 Å². The number of hydrogen-bond donors (Lipinski definition) is 0. The molecule has 0 saturated carbocycles. The van der Waals surface area contributed by atoms with Gasteiger partial charge < -0.3 is 14.2 Å². The molecule has 0 bridgehead atoms. The Morgan fingerprint density at radius 2 is 1.86 bits per heavy atom. The van der Waals surface area contributed by atoms with Crippen LogP contribution in [0.1, 0.15) is 5.56 Å². The first-order chi connectivity index (χ1) is 13.7. The van der Waals surface area contributed by atoms with E-state index >= 15 is 0 Å². The van der Waals surface area contributed by atoms with E-state index in [0.717, 1.165) is 4.57 Å². The summed E-state index contributed by atoms with van der Waals surface area (Å²) in [6.07, 6.45) is 1.42. The fourth-order valence-corrected chi connectivity index (χ4v) is 2.93. The van der Waals surface area contributed by atoms with Crippen molar-refractivity contribution >= 4 is 17.1 Å². The minimum absolute atomic E-state index is 0.0114. The molecule has 154 valence electrons. The highest BCUT2D eigenvalue weighted by Crippen LogP contribution is 2.15. The van der Waals surface area contributed by atoms with Gasteiger partial charge in [0.25, 0.3) is 5.56 Å². The molecule has 0 aliphatic carbocycles. The monoisotopic (exact) mass is 407 g/mol. The summed E-state index contributed by atoms with van der Waals surface area (Å²) < 4.78 is 32.3. The van der Waals surface area contributed by atoms with E-state index in [4.69, 9.17) is 0 Å². The van der Waals surface area contributed by atoms with Gasteiger partial charge in [-0.15, -0.1) is 0 Å². The van der Waals surface area contributed by atoms with Gasteiger partial charge in [0.1, 0.15) is 12.3 Å². The number of alkyl halides is 2. The van der Waals surface area contributed by atoms with E-state index in [0.29, 0.717) is 5.56 Å². The van der Waals surface area contributed by atoms with Gasteiger partial charge >= 0.3 is 12.3 Å². The number of hydrogen-bond acceptors (Lipinski definition) is 5. The van der Waals surface area contributed by atoms with Crippen molar-refractivity contribution in [2.24, 2.45) is 14.1 Å². The maximum Gasteiger partial charge on any atom is 0.387 e. The van der Waals surface area contributed by atoms with Crippen molar-refractivity contribution in [2.45, 2.75) is 19.7 Å². The number of likely N-dealkylation sites (N-methyl/N-ethyl adjacent to an activating group) is 1. The molecule has 0 aliphatic rings. The number of halogens is 2. The van der Waals surface area contributed by atoms with Crippen LogP contribution in [-0.4, -0.2) is 43.2 Å². The molecule has 0 spiro atoms. The van der Waals surface area contributed by atoms with Crippen LogP contribution in [0.5, 0.6) is 5.75 Å². The van der Waals surface area contributed by atoms with Crippen LogP contribution in [0.3, 0.4) is 0 Å². The molecule has 11 heteroatoms. The van der Waals surface area contributed by atoms with Gasteiger partial charge in [0.05, 0.1) is 6.33 Å². The third kappa shape index (κ3) is 4.03. The number of ether oxygens (including phenoxy) is 1. The Morgan fingerprint density at radius 1 is 1.21 bits per heavy atom. The van der Waals surface area contributed by atoms with E-state index in [1.807, 2.05) is 0 Å². The van der Waals surface area contributed by atoms with Gasteiger partial charge in [0.15, 0.2) is 11.2 Å². The van der Waals surface area contributed by atoms with E-state index in [9.17, 15) is 23.2 Å². The molecule has 0 atom stereocenters. The highest BCUT2D eigenvalue weighted by molar-refractivity contribution is 5.76. The highest BCUT2D eigenvalue weighted by atomic mass is 19.3. The molecule has 2 heterocycles. The van der Waals surface area contributed by atoms with Gasteiger partial charge in [0.2, 0.25) is 5.91 Å². The summed E-state index contributed by atoms with van der Waals surface area (Å²) in [4.78, 5) is 43.1. The second kappa shape index (κ2) is 7.86. The summed E-state index contributed by atoms with van der Waals surface area (Å²) in [7, 11) is 4.62. The fraction of sp³-hybridized carbons (Fsp3) is 0.333. The van der Waals surface area contributed by atoms with Gasteiger partial charge in [-0.3, -0.25) is 14.2 Å². The molecule has 0 N–H and O–H groups in total. The lowest BCUT2D eigenvalue weighted by molar-refractivity contribution is -0.131. The molecular formula is C18H19F2N5O4. The maximum absolute atomic E-state index is 12.7. The van der Waals surface area contributed by atoms with Crippen LogP contribution in [-0.2, 0) is 32.0 Å². The molecule has 3 aromatic rings. The summed E-state index contributed by atoms with van der Waals surface area (Å²) in [5.74, 6) is -0.448. The third-order valence-electron chi connectivity index (χ3n) is 4.49. The molecule has 1 aromatic carbocycles. The molecule has 9 nitrogen and oxygen atoms in total. The number of carbonyl (C=O) groups is 1. The molecular weight excluding hydrogens is 388 g/mol. The predicted molar refractivity (Wildman–Crippen MR) is 99.8 cm³/mol. The number of benzene rings is 1. The second-order valence-electron chi connectivity index (χ2n) is 6.53. The van der Waals surface area contributed by atoms with Crippen molar-refractivity contribution in [2.75, 3.05) is 7.05 Å². The van der Waals surface area contributed by atoms with Crippen LogP contribution in [0.25, 0.3) is 11.2 Å². The Balaban J connectivity index is 1.79. The van der Waals surface area contributed by atoms with Crippen LogP contribution >= 0.6 is 0 Å². The van der Waals surface area contributed by atoms with Crippen molar-refractivity contribution in [3.05, 3.63) is 57.0 Å². The number of aromatic nitrogens is 4. The Kier molecular flexibility index (Phi) is 5.48. The van der Waals surface area contributed by atoms with Crippen LogP contribution in [0.2, 0.25) is 0 Å². The summed E-state index contributed by atoms with van der Waals surface area (Å²) in [6.45, 7) is -3.19. The van der Waals surface area contributed by atoms with Gasteiger partial charge in [-0.1, -0.05) is 12.1 Å². The van der Waals surface area contributed by atoms with Crippen molar-refractivity contribution in [3.63, 3.8) is 0 Å². The van der Waals surface area contributed by atoms with Gasteiger partial charge in [-0.05, 0) is 17.7 Å². The highest BCUT2D eigenvalue weighted by Gasteiger charge is 2.18. The van der Waals surface area contributed by atoms with Gasteiger partial charge in [-0.25, -0.2) is 14.3 Å². The number of amides is 1. The number of imidazole rings is 1. The van der Waals surface area contributed by atoms with Gasteiger partial charge in [-0.2, -0.15) is 8.78 Å². The van der Waals surface area contributed by atoms with E-state index in [-0.39, 0.29) is 23.5 Å². The summed E-state index contributed by atoms with van der Waals surface area (Å²) in [5.41, 5.74) is -0.109. The van der Waals surface area contributed by atoms with Crippen molar-refractivity contribution in [3.8, 4) is 5.75 Å². The van der Waals surface area contributed by atoms with E-state index in [2.05, 4.69) is 9.72 Å². The second-order valence-corrected chi connectivity index (χ2v) is 6.53. The van der Waals surface area contributed by atoms with Crippen LogP contribution in [0, 0.1) is 0 Å². The smallest absolute Gasteiger partial charge is 0.387 e. The molecule has 3 rings (SSSR count). The first kappa shape index (κ1) is 20.2. The van der Waals surface area contributed by atoms with Crippen molar-refractivity contribution in [1.29, 1.82) is 0 Å². The maximum atomic E-state index is 12.7. The normalized spacial score (nSPS) is 11.2. The van der Waals surface area contributed by atoms with E-state index in [1.165, 1.54) is 46.6 Å². The Labute approximate surface area is 163 Å². The number of rotatable bonds is 6. The van der Waals surface area contributed by atoms with Gasteiger partial charge in [0, 0.05) is 27.7 Å². The largest absolute Gasteiger partial charge is 0.435 e. The summed E-state index contributed by atoms with van der Waals surface area (Å²) >= 11 is 0. The molecule has 2 aromatic heterocycles. The average Bonchev–Trinajstić information content (AvgIpc) is 3.06. The van der Waals surface area contributed by atoms with Crippen molar-refractivity contribution < 1.29 is 18.3 Å². The van der Waals surface area contributed by atoms with Crippen LogP contribution < -0.4 is 16.0 Å². The lowest BCUT2D eigenvalue weighted by Gasteiger charge is -2.18. The summed E-state index contributed by atoms with van der Waals surface area (Å²) in [5, 5.41) is 0. The molecule has 0 radical (unpaired) electrons. The topological polar surface area (TPSA) is 91.4 Å². The molecule has 0 unspecified atom stereocenters. The van der Waals surface area contributed by atoms with Crippen LogP contribution in [0.4, 0.5) is 8.78 Å². The first-order valence-electron chi connectivity index (χ1n) is 8.57.